The minimum absolute atomic E-state index is 0.0493. The summed E-state index contributed by atoms with van der Waals surface area (Å²) in [6.07, 6.45) is -1.88. The van der Waals surface area contributed by atoms with Crippen LogP contribution in [-0.2, 0) is 12.7 Å². The Kier molecular flexibility index (Phi) is 5.42. The Morgan fingerprint density at radius 2 is 2.00 bits per heavy atom. The number of alkyl halides is 3. The second kappa shape index (κ2) is 7.95. The molecule has 0 aromatic carbocycles. The van der Waals surface area contributed by atoms with Crippen molar-refractivity contribution in [3.05, 3.63) is 35.5 Å². The van der Waals surface area contributed by atoms with Crippen LogP contribution >= 0.6 is 0 Å². The van der Waals surface area contributed by atoms with Gasteiger partial charge >= 0.3 is 12.3 Å². The first-order valence-corrected chi connectivity index (χ1v) is 9.96. The molecular formula is C19H21F3N6O4. The third-order valence-electron chi connectivity index (χ3n) is 6.20. The molecule has 2 amide bonds. The van der Waals surface area contributed by atoms with Gasteiger partial charge in [-0.3, -0.25) is 9.69 Å². The lowest BCUT2D eigenvalue weighted by Gasteiger charge is -2.54. The van der Waals surface area contributed by atoms with E-state index in [0.29, 0.717) is 38.8 Å². The van der Waals surface area contributed by atoms with Gasteiger partial charge in [0.2, 0.25) is 5.95 Å². The molecule has 2 aliphatic rings. The number of carbonyl (C=O) groups is 2. The molecule has 0 unspecified atom stereocenters. The van der Waals surface area contributed by atoms with E-state index in [2.05, 4.69) is 15.1 Å². The number of hydrogen-bond donors (Lipinski definition) is 2. The number of rotatable bonds is 5. The molecule has 1 aliphatic carbocycles. The van der Waals surface area contributed by atoms with Crippen LogP contribution in [0.2, 0.25) is 0 Å². The number of aromatic nitrogens is 3. The quantitative estimate of drug-likeness (QED) is 0.703. The van der Waals surface area contributed by atoms with Crippen molar-refractivity contribution in [3.8, 4) is 0 Å². The molecule has 0 bridgehead atoms. The average Bonchev–Trinajstić information content (AvgIpc) is 3.19. The highest BCUT2D eigenvalue weighted by molar-refractivity contribution is 5.90. The van der Waals surface area contributed by atoms with Crippen LogP contribution in [0.4, 0.5) is 23.9 Å². The zero-order valence-electron chi connectivity index (χ0n) is 16.9. The summed E-state index contributed by atoms with van der Waals surface area (Å²) in [6, 6.07) is 1.93. The number of hydrogen-bond acceptors (Lipinski definition) is 7. The van der Waals surface area contributed by atoms with Gasteiger partial charge in [0.05, 0.1) is 6.54 Å². The van der Waals surface area contributed by atoms with E-state index in [9.17, 15) is 27.9 Å². The molecule has 13 heteroatoms. The highest BCUT2D eigenvalue weighted by Gasteiger charge is 2.49. The summed E-state index contributed by atoms with van der Waals surface area (Å²) in [5.41, 5.74) is 4.01. The molecule has 0 atom stereocenters. The molecule has 3 heterocycles. The molecule has 10 nitrogen and oxygen atoms in total. The predicted octanol–water partition coefficient (Wildman–Crippen LogP) is 2.51. The molecule has 2 aromatic rings. The highest BCUT2D eigenvalue weighted by Crippen LogP contribution is 2.51. The van der Waals surface area contributed by atoms with Gasteiger partial charge in [0.15, 0.2) is 11.5 Å². The Morgan fingerprint density at radius 3 is 2.56 bits per heavy atom. The maximum Gasteiger partial charge on any atom is 0.433 e. The van der Waals surface area contributed by atoms with Crippen LogP contribution < -0.4 is 10.6 Å². The molecule has 3 N–H and O–H groups in total. The summed E-state index contributed by atoms with van der Waals surface area (Å²) in [4.78, 5) is 33.5. The molecule has 0 radical (unpaired) electrons. The molecule has 1 aliphatic heterocycles. The van der Waals surface area contributed by atoms with Gasteiger partial charge in [-0.1, -0.05) is 5.16 Å². The molecule has 1 spiro atoms. The van der Waals surface area contributed by atoms with Gasteiger partial charge in [-0.15, -0.1) is 0 Å². The minimum Gasteiger partial charge on any atom is -0.465 e. The van der Waals surface area contributed by atoms with Gasteiger partial charge in [-0.05, 0) is 37.2 Å². The number of halogens is 3. The number of primary amides is 1. The lowest BCUT2D eigenvalue weighted by Crippen LogP contribution is -2.56. The number of amides is 2. The van der Waals surface area contributed by atoms with Crippen LogP contribution in [0.25, 0.3) is 0 Å². The third kappa shape index (κ3) is 4.32. The number of nitrogens with zero attached hydrogens (tertiary/aromatic N) is 5. The molecule has 2 aromatic heterocycles. The van der Waals surface area contributed by atoms with Crippen LogP contribution in [0.5, 0.6) is 0 Å². The number of piperidine rings is 1. The predicted molar refractivity (Wildman–Crippen MR) is 103 cm³/mol. The zero-order valence-corrected chi connectivity index (χ0v) is 16.9. The molecule has 1 saturated heterocycles. The van der Waals surface area contributed by atoms with Crippen molar-refractivity contribution in [3.63, 3.8) is 0 Å². The largest absolute Gasteiger partial charge is 0.465 e. The Bertz CT molecular complexity index is 1010. The molecule has 1 saturated carbocycles. The van der Waals surface area contributed by atoms with E-state index in [4.69, 9.17) is 10.3 Å². The van der Waals surface area contributed by atoms with Gasteiger partial charge in [-0.25, -0.2) is 14.8 Å². The topological polar surface area (TPSA) is 139 Å². The van der Waals surface area contributed by atoms with Crippen LogP contribution in [0.3, 0.4) is 0 Å². The normalized spacial score (nSPS) is 18.4. The fourth-order valence-electron chi connectivity index (χ4n) is 4.43. The molecule has 32 heavy (non-hydrogen) atoms. The maximum absolute atomic E-state index is 12.9. The van der Waals surface area contributed by atoms with Crippen LogP contribution in [0.15, 0.2) is 22.9 Å². The lowest BCUT2D eigenvalue weighted by molar-refractivity contribution is -0.141. The van der Waals surface area contributed by atoms with Gasteiger partial charge in [0.1, 0.15) is 5.69 Å². The average molecular weight is 454 g/mol. The summed E-state index contributed by atoms with van der Waals surface area (Å²) < 4.78 is 43.7. The van der Waals surface area contributed by atoms with Crippen LogP contribution in [0, 0.1) is 5.41 Å². The van der Waals surface area contributed by atoms with Gasteiger partial charge < -0.3 is 20.3 Å². The number of anilines is 1. The van der Waals surface area contributed by atoms with Crippen molar-refractivity contribution in [2.24, 2.45) is 11.1 Å². The van der Waals surface area contributed by atoms with E-state index in [1.165, 1.54) is 11.0 Å². The van der Waals surface area contributed by atoms with Crippen molar-refractivity contribution in [2.45, 2.75) is 44.4 Å². The Hall–Kier alpha value is -3.38. The first-order chi connectivity index (χ1) is 15.1. The molecule has 172 valence electrons. The van der Waals surface area contributed by atoms with Crippen molar-refractivity contribution in [2.75, 3.05) is 18.0 Å². The maximum atomic E-state index is 12.9. The number of carboxylic acid groups (broad SMARTS) is 1. The van der Waals surface area contributed by atoms with E-state index in [1.807, 2.05) is 0 Å². The van der Waals surface area contributed by atoms with E-state index in [1.54, 1.807) is 4.90 Å². The van der Waals surface area contributed by atoms with Crippen molar-refractivity contribution in [1.29, 1.82) is 0 Å². The SMILES string of the molecule is NC(=O)c1cc(CN(C(=O)O)C2CC3(CCN(c4nccc(C(F)(F)F)n4)CC3)C2)on1. The second-order valence-corrected chi connectivity index (χ2v) is 8.24. The summed E-state index contributed by atoms with van der Waals surface area (Å²) >= 11 is 0. The van der Waals surface area contributed by atoms with E-state index >= 15 is 0 Å². The smallest absolute Gasteiger partial charge is 0.433 e. The second-order valence-electron chi connectivity index (χ2n) is 8.24. The van der Waals surface area contributed by atoms with Gasteiger partial charge in [0.25, 0.3) is 5.91 Å². The Morgan fingerprint density at radius 1 is 1.31 bits per heavy atom. The summed E-state index contributed by atoms with van der Waals surface area (Å²) in [5, 5.41) is 13.1. The fourth-order valence-corrected chi connectivity index (χ4v) is 4.43. The Balaban J connectivity index is 1.35. The van der Waals surface area contributed by atoms with Gasteiger partial charge in [0, 0.05) is 31.4 Å². The lowest BCUT2D eigenvalue weighted by atomic mass is 9.60. The van der Waals surface area contributed by atoms with E-state index in [0.717, 1.165) is 12.3 Å². The Labute approximate surface area is 180 Å². The first-order valence-electron chi connectivity index (χ1n) is 9.96. The highest BCUT2D eigenvalue weighted by atomic mass is 19.4. The standard InChI is InChI=1S/C19H21F3N6O4/c20-19(21,22)14-1-4-24-16(25-14)27-5-2-18(3-6-27)8-11(9-18)28(17(30)31)10-12-7-13(15(23)29)26-32-12/h1,4,7,11H,2-3,5-6,8-10H2,(H2,23,29)(H,30,31). The number of carbonyl (C=O) groups excluding carboxylic acids is 1. The van der Waals surface area contributed by atoms with Crippen molar-refractivity contribution < 1.29 is 32.4 Å². The van der Waals surface area contributed by atoms with Crippen LogP contribution in [-0.4, -0.2) is 56.3 Å². The molecular weight excluding hydrogens is 433 g/mol. The van der Waals surface area contributed by atoms with Crippen molar-refractivity contribution in [1.82, 2.24) is 20.0 Å². The molecule has 4 rings (SSSR count). The van der Waals surface area contributed by atoms with Crippen molar-refractivity contribution >= 4 is 17.9 Å². The molecule has 2 fully saturated rings. The summed E-state index contributed by atoms with van der Waals surface area (Å²) in [7, 11) is 0. The minimum atomic E-state index is -4.53. The summed E-state index contributed by atoms with van der Waals surface area (Å²) in [5.74, 6) is -0.493. The third-order valence-corrected chi connectivity index (χ3v) is 6.20. The number of nitrogens with two attached hydrogens (primary N) is 1. The van der Waals surface area contributed by atoms with E-state index < -0.39 is 23.9 Å². The zero-order chi connectivity index (χ0) is 23.1. The monoisotopic (exact) mass is 454 g/mol. The fraction of sp³-hybridized carbons (Fsp3) is 0.526. The van der Waals surface area contributed by atoms with Gasteiger partial charge in [-0.2, -0.15) is 13.2 Å². The van der Waals surface area contributed by atoms with E-state index in [-0.39, 0.29) is 35.4 Å². The first kappa shape index (κ1) is 21.8. The summed E-state index contributed by atoms with van der Waals surface area (Å²) in [6.45, 7) is 0.927. The van der Waals surface area contributed by atoms with Crippen LogP contribution in [0.1, 0.15) is 47.6 Å².